The zero-order valence-electron chi connectivity index (χ0n) is 18.7. The van der Waals surface area contributed by atoms with Crippen molar-refractivity contribution in [2.24, 2.45) is 7.05 Å². The molecule has 0 saturated heterocycles. The summed E-state index contributed by atoms with van der Waals surface area (Å²) in [6.45, 7) is 0. The number of nitrogens with one attached hydrogen (secondary N) is 1. The van der Waals surface area contributed by atoms with Crippen LogP contribution in [0.2, 0.25) is 0 Å². The number of nitrogens with zero attached hydrogens (tertiary/aromatic N) is 3. The van der Waals surface area contributed by atoms with Gasteiger partial charge in [0.25, 0.3) is 5.91 Å². The standard InChI is InChI=1S/C24H24N4O4S/c1-28-12-11-25-22(28)21(15-5-8-17(30-2)9-6-15)27-23(29)18-14-33-24(26-18)16-7-10-19(31-3)20(13-16)32-4/h5-14,21H,1-4H3,(H,27,29). The number of thiazole rings is 1. The van der Waals surface area contributed by atoms with Crippen molar-refractivity contribution in [1.82, 2.24) is 19.9 Å². The summed E-state index contributed by atoms with van der Waals surface area (Å²) in [5.41, 5.74) is 2.05. The molecule has 8 nitrogen and oxygen atoms in total. The maximum absolute atomic E-state index is 13.2. The average molecular weight is 465 g/mol. The molecule has 0 saturated carbocycles. The summed E-state index contributed by atoms with van der Waals surface area (Å²) in [4.78, 5) is 22.1. The highest BCUT2D eigenvalue weighted by atomic mass is 32.1. The number of aryl methyl sites for hydroxylation is 1. The Kier molecular flexibility index (Phi) is 6.60. The molecule has 4 rings (SSSR count). The Morgan fingerprint density at radius 2 is 1.79 bits per heavy atom. The third-order valence-electron chi connectivity index (χ3n) is 5.21. The Hall–Kier alpha value is -3.85. The first-order valence-electron chi connectivity index (χ1n) is 10.1. The van der Waals surface area contributed by atoms with Crippen molar-refractivity contribution in [3.63, 3.8) is 0 Å². The normalized spacial score (nSPS) is 11.6. The lowest BCUT2D eigenvalue weighted by atomic mass is 10.1. The van der Waals surface area contributed by atoms with Crippen LogP contribution in [-0.4, -0.2) is 41.8 Å². The first kappa shape index (κ1) is 22.3. The molecule has 0 radical (unpaired) electrons. The highest BCUT2D eigenvalue weighted by Gasteiger charge is 2.23. The highest BCUT2D eigenvalue weighted by molar-refractivity contribution is 7.13. The van der Waals surface area contributed by atoms with Crippen LogP contribution < -0.4 is 19.5 Å². The number of ether oxygens (including phenoxy) is 3. The summed E-state index contributed by atoms with van der Waals surface area (Å²) in [7, 11) is 6.68. The SMILES string of the molecule is COc1ccc(C(NC(=O)c2csc(-c3ccc(OC)c(OC)c3)n2)c2nccn2C)cc1. The maximum atomic E-state index is 13.2. The van der Waals surface area contributed by atoms with E-state index < -0.39 is 6.04 Å². The van der Waals surface area contributed by atoms with Gasteiger partial charge in [-0.05, 0) is 35.9 Å². The van der Waals surface area contributed by atoms with Gasteiger partial charge in [0.1, 0.15) is 28.3 Å². The van der Waals surface area contributed by atoms with E-state index in [-0.39, 0.29) is 5.91 Å². The van der Waals surface area contributed by atoms with Crippen LogP contribution in [0.25, 0.3) is 10.6 Å². The Bertz CT molecular complexity index is 1250. The second-order valence-electron chi connectivity index (χ2n) is 7.18. The summed E-state index contributed by atoms with van der Waals surface area (Å²) in [5, 5.41) is 5.52. The molecule has 0 bridgehead atoms. The second-order valence-corrected chi connectivity index (χ2v) is 8.04. The van der Waals surface area contributed by atoms with Gasteiger partial charge in [-0.3, -0.25) is 4.79 Å². The van der Waals surface area contributed by atoms with Gasteiger partial charge >= 0.3 is 0 Å². The molecule has 0 aliphatic carbocycles. The van der Waals surface area contributed by atoms with Crippen molar-refractivity contribution in [3.05, 3.63) is 77.3 Å². The molecule has 33 heavy (non-hydrogen) atoms. The second kappa shape index (κ2) is 9.74. The Labute approximate surface area is 195 Å². The number of carbonyl (C=O) groups excluding carboxylic acids is 1. The molecule has 9 heteroatoms. The van der Waals surface area contributed by atoms with Crippen molar-refractivity contribution < 1.29 is 19.0 Å². The molecule has 4 aromatic rings. The van der Waals surface area contributed by atoms with E-state index in [2.05, 4.69) is 15.3 Å². The molecule has 2 aromatic carbocycles. The number of aromatic nitrogens is 3. The molecule has 1 N–H and O–H groups in total. The van der Waals surface area contributed by atoms with Gasteiger partial charge in [-0.2, -0.15) is 0 Å². The molecule has 1 atom stereocenters. The first-order chi connectivity index (χ1) is 16.0. The van der Waals surface area contributed by atoms with Gasteiger partial charge in [0.05, 0.1) is 21.3 Å². The molecule has 1 amide bonds. The smallest absolute Gasteiger partial charge is 0.271 e. The minimum atomic E-state index is -0.449. The number of benzene rings is 2. The van der Waals surface area contributed by atoms with E-state index in [4.69, 9.17) is 14.2 Å². The fourth-order valence-corrected chi connectivity index (χ4v) is 4.23. The van der Waals surface area contributed by atoms with Crippen LogP contribution in [0.3, 0.4) is 0 Å². The van der Waals surface area contributed by atoms with E-state index in [0.29, 0.717) is 28.0 Å². The van der Waals surface area contributed by atoms with Crippen LogP contribution in [0, 0.1) is 0 Å². The third-order valence-corrected chi connectivity index (χ3v) is 6.10. The van der Waals surface area contributed by atoms with E-state index in [1.165, 1.54) is 11.3 Å². The number of rotatable bonds is 8. The maximum Gasteiger partial charge on any atom is 0.271 e. The molecule has 2 aromatic heterocycles. The average Bonchev–Trinajstić information content (AvgIpc) is 3.51. The van der Waals surface area contributed by atoms with Gasteiger partial charge in [-0.25, -0.2) is 9.97 Å². The van der Waals surface area contributed by atoms with Gasteiger partial charge in [-0.15, -0.1) is 11.3 Å². The van der Waals surface area contributed by atoms with Crippen LogP contribution in [0.15, 0.2) is 60.2 Å². The van der Waals surface area contributed by atoms with E-state index in [0.717, 1.165) is 16.9 Å². The lowest BCUT2D eigenvalue weighted by Gasteiger charge is -2.19. The number of amides is 1. The number of imidazole rings is 1. The van der Waals surface area contributed by atoms with Gasteiger partial charge < -0.3 is 24.1 Å². The minimum absolute atomic E-state index is 0.290. The van der Waals surface area contributed by atoms with Gasteiger partial charge in [0, 0.05) is 30.4 Å². The summed E-state index contributed by atoms with van der Waals surface area (Å²) in [5.74, 6) is 2.40. The predicted octanol–water partition coefficient (Wildman–Crippen LogP) is 4.09. The lowest BCUT2D eigenvalue weighted by Crippen LogP contribution is -2.31. The number of methoxy groups -OCH3 is 3. The quantitative estimate of drug-likeness (QED) is 0.423. The summed E-state index contributed by atoms with van der Waals surface area (Å²) in [6.07, 6.45) is 3.55. The predicted molar refractivity (Wildman–Crippen MR) is 126 cm³/mol. The van der Waals surface area contributed by atoms with Crippen LogP contribution in [0.4, 0.5) is 0 Å². The van der Waals surface area contributed by atoms with E-state index in [1.54, 1.807) is 32.9 Å². The fraction of sp³-hybridized carbons (Fsp3) is 0.208. The van der Waals surface area contributed by atoms with E-state index >= 15 is 0 Å². The van der Waals surface area contributed by atoms with Crippen LogP contribution >= 0.6 is 11.3 Å². The fourth-order valence-electron chi connectivity index (χ4n) is 3.43. The first-order valence-corrected chi connectivity index (χ1v) is 11.0. The molecule has 2 heterocycles. The zero-order chi connectivity index (χ0) is 23.4. The number of hydrogen-bond acceptors (Lipinski definition) is 7. The van der Waals surface area contributed by atoms with Crippen molar-refractivity contribution in [2.75, 3.05) is 21.3 Å². The number of carbonyl (C=O) groups is 1. The van der Waals surface area contributed by atoms with Gasteiger partial charge in [0.2, 0.25) is 0 Å². The number of hydrogen-bond donors (Lipinski definition) is 1. The van der Waals surface area contributed by atoms with E-state index in [1.807, 2.05) is 60.3 Å². The lowest BCUT2D eigenvalue weighted by molar-refractivity contribution is 0.0937. The van der Waals surface area contributed by atoms with Crippen molar-refractivity contribution in [3.8, 4) is 27.8 Å². The molecular formula is C24H24N4O4S. The Balaban J connectivity index is 1.60. The summed E-state index contributed by atoms with van der Waals surface area (Å²) in [6, 6.07) is 12.6. The van der Waals surface area contributed by atoms with Crippen molar-refractivity contribution >= 4 is 17.2 Å². The van der Waals surface area contributed by atoms with Crippen molar-refractivity contribution in [1.29, 1.82) is 0 Å². The molecule has 0 aliphatic heterocycles. The van der Waals surface area contributed by atoms with Crippen molar-refractivity contribution in [2.45, 2.75) is 6.04 Å². The summed E-state index contributed by atoms with van der Waals surface area (Å²) < 4.78 is 17.8. The minimum Gasteiger partial charge on any atom is -0.497 e. The molecule has 1 unspecified atom stereocenters. The molecular weight excluding hydrogens is 440 g/mol. The monoisotopic (exact) mass is 464 g/mol. The van der Waals surface area contributed by atoms with Gasteiger partial charge in [0.15, 0.2) is 11.5 Å². The molecule has 170 valence electrons. The largest absolute Gasteiger partial charge is 0.497 e. The Morgan fingerprint density at radius 3 is 2.42 bits per heavy atom. The van der Waals surface area contributed by atoms with Gasteiger partial charge in [-0.1, -0.05) is 12.1 Å². The zero-order valence-corrected chi connectivity index (χ0v) is 19.6. The highest BCUT2D eigenvalue weighted by Crippen LogP contribution is 2.33. The topological polar surface area (TPSA) is 87.5 Å². The van der Waals surface area contributed by atoms with Crippen LogP contribution in [-0.2, 0) is 7.05 Å². The third kappa shape index (κ3) is 4.68. The molecule has 0 fully saturated rings. The summed E-state index contributed by atoms with van der Waals surface area (Å²) >= 11 is 1.39. The molecule has 0 spiro atoms. The molecule has 0 aliphatic rings. The van der Waals surface area contributed by atoms with E-state index in [9.17, 15) is 4.79 Å². The van der Waals surface area contributed by atoms with Crippen LogP contribution in [0.5, 0.6) is 17.2 Å². The Morgan fingerprint density at radius 1 is 1.03 bits per heavy atom. The van der Waals surface area contributed by atoms with Crippen LogP contribution in [0.1, 0.15) is 27.9 Å².